The van der Waals surface area contributed by atoms with E-state index in [4.69, 9.17) is 18.9 Å². The van der Waals surface area contributed by atoms with Crippen LogP contribution in [0.2, 0.25) is 0 Å². The lowest BCUT2D eigenvalue weighted by Gasteiger charge is -2.23. The van der Waals surface area contributed by atoms with Crippen LogP contribution in [0.3, 0.4) is 0 Å². The van der Waals surface area contributed by atoms with E-state index in [1.54, 1.807) is 19.6 Å². The summed E-state index contributed by atoms with van der Waals surface area (Å²) in [4.78, 5) is 22.9. The van der Waals surface area contributed by atoms with Crippen molar-refractivity contribution in [3.8, 4) is 5.88 Å². The summed E-state index contributed by atoms with van der Waals surface area (Å²) in [5.41, 5.74) is 3.85. The first-order valence-electron chi connectivity index (χ1n) is 11.8. The Morgan fingerprint density at radius 3 is 3.03 bits per heavy atom. The molecular weight excluding hydrogens is 448 g/mol. The van der Waals surface area contributed by atoms with Gasteiger partial charge in [0.25, 0.3) is 0 Å². The zero-order valence-corrected chi connectivity index (χ0v) is 19.6. The molecule has 182 valence electrons. The number of hydrogen-bond donors (Lipinski definition) is 1. The van der Waals surface area contributed by atoms with Gasteiger partial charge in [-0.05, 0) is 62.0 Å². The number of allylic oxidation sites excluding steroid dienone is 4. The molecule has 2 aliphatic heterocycles. The van der Waals surface area contributed by atoms with Crippen molar-refractivity contribution in [1.82, 2.24) is 20.2 Å². The van der Waals surface area contributed by atoms with Gasteiger partial charge in [-0.1, -0.05) is 18.2 Å². The van der Waals surface area contributed by atoms with Crippen molar-refractivity contribution >= 4 is 17.1 Å². The number of ether oxygens (including phenoxy) is 4. The number of rotatable bonds is 9. The van der Waals surface area contributed by atoms with Gasteiger partial charge in [-0.15, -0.1) is 0 Å². The monoisotopic (exact) mass is 476 g/mol. The molecule has 0 bridgehead atoms. The molecule has 2 aromatic heterocycles. The Balaban J connectivity index is 1.09. The average Bonchev–Trinajstić information content (AvgIpc) is 3.29. The van der Waals surface area contributed by atoms with Crippen molar-refractivity contribution in [2.24, 2.45) is 0 Å². The molecule has 1 atom stereocenters. The molecule has 0 unspecified atom stereocenters. The van der Waals surface area contributed by atoms with Gasteiger partial charge in [-0.3, -0.25) is 4.98 Å². The van der Waals surface area contributed by atoms with E-state index in [9.17, 15) is 4.79 Å². The lowest BCUT2D eigenvalue weighted by molar-refractivity contribution is 0.117. The maximum absolute atomic E-state index is 12.5. The van der Waals surface area contributed by atoms with E-state index in [0.717, 1.165) is 48.0 Å². The van der Waals surface area contributed by atoms with E-state index in [-0.39, 0.29) is 6.10 Å². The van der Waals surface area contributed by atoms with Crippen molar-refractivity contribution < 1.29 is 23.7 Å². The number of cyclic esters (lactones) is 1. The third-order valence-corrected chi connectivity index (χ3v) is 6.09. The highest BCUT2D eigenvalue weighted by Gasteiger charge is 2.36. The zero-order chi connectivity index (χ0) is 24.0. The topological polar surface area (TPSA) is 95.0 Å². The van der Waals surface area contributed by atoms with E-state index >= 15 is 0 Å². The molecular formula is C26H28N4O5. The summed E-state index contributed by atoms with van der Waals surface area (Å²) >= 11 is 0. The number of amides is 1. The van der Waals surface area contributed by atoms with Crippen molar-refractivity contribution in [2.45, 2.75) is 31.8 Å². The molecule has 1 N–H and O–H groups in total. The Kier molecular flexibility index (Phi) is 6.94. The highest BCUT2D eigenvalue weighted by molar-refractivity contribution is 5.78. The molecule has 1 saturated heterocycles. The van der Waals surface area contributed by atoms with Gasteiger partial charge in [0.2, 0.25) is 11.8 Å². The second-order valence-corrected chi connectivity index (χ2v) is 8.43. The summed E-state index contributed by atoms with van der Waals surface area (Å²) in [6.45, 7) is 1.90. The first-order chi connectivity index (χ1) is 17.2. The maximum atomic E-state index is 12.5. The number of pyridine rings is 2. The van der Waals surface area contributed by atoms with Crippen LogP contribution < -0.4 is 10.1 Å². The summed E-state index contributed by atoms with van der Waals surface area (Å²) in [6.07, 6.45) is 13.6. The number of methoxy groups -OCH3 is 1. The summed E-state index contributed by atoms with van der Waals surface area (Å²) in [7, 11) is 1.61. The normalized spacial score (nSPS) is 19.5. The Hall–Kier alpha value is -3.85. The predicted octanol–water partition coefficient (Wildman–Crippen LogP) is 3.94. The summed E-state index contributed by atoms with van der Waals surface area (Å²) in [5, 5.41) is 3.43. The minimum Gasteiger partial charge on any atom is -0.481 e. The predicted molar refractivity (Wildman–Crippen MR) is 129 cm³/mol. The number of nitrogens with zero attached hydrogens (tertiary/aromatic N) is 3. The molecule has 2 aromatic rings. The molecule has 0 saturated carbocycles. The molecule has 0 aromatic carbocycles. The second kappa shape index (κ2) is 10.6. The Morgan fingerprint density at radius 1 is 1.23 bits per heavy atom. The maximum Gasteiger partial charge on any atom is 0.417 e. The van der Waals surface area contributed by atoms with Crippen LogP contribution in [0, 0.1) is 0 Å². The van der Waals surface area contributed by atoms with E-state index in [2.05, 4.69) is 21.4 Å². The molecule has 1 fully saturated rings. The highest BCUT2D eigenvalue weighted by atomic mass is 16.6. The Morgan fingerprint density at radius 2 is 2.17 bits per heavy atom. The van der Waals surface area contributed by atoms with Gasteiger partial charge < -0.3 is 24.3 Å². The van der Waals surface area contributed by atoms with E-state index in [1.807, 2.05) is 30.4 Å². The fourth-order valence-corrected chi connectivity index (χ4v) is 4.22. The van der Waals surface area contributed by atoms with Gasteiger partial charge in [-0.2, -0.15) is 0 Å². The summed E-state index contributed by atoms with van der Waals surface area (Å²) in [6, 6.07) is 5.71. The molecule has 9 nitrogen and oxygen atoms in total. The molecule has 35 heavy (non-hydrogen) atoms. The number of nitrogens with one attached hydrogen (secondary N) is 1. The van der Waals surface area contributed by atoms with Crippen LogP contribution in [-0.2, 0) is 20.6 Å². The minimum absolute atomic E-state index is 0.224. The SMILES string of the molecule is COc1ccc2nccc(CCNCC[C@@H]3CN(C4=COC=C(C5=CC=CCC5)O4)C(=O)O3)c2n1. The van der Waals surface area contributed by atoms with Gasteiger partial charge in [0, 0.05) is 12.3 Å². The lowest BCUT2D eigenvalue weighted by atomic mass is 10.0. The van der Waals surface area contributed by atoms with Gasteiger partial charge in [0.1, 0.15) is 12.4 Å². The van der Waals surface area contributed by atoms with Crippen molar-refractivity contribution in [1.29, 1.82) is 0 Å². The van der Waals surface area contributed by atoms with Gasteiger partial charge in [-0.25, -0.2) is 14.7 Å². The second-order valence-electron chi connectivity index (χ2n) is 8.43. The first kappa shape index (κ1) is 22.9. The third-order valence-electron chi connectivity index (χ3n) is 6.09. The lowest BCUT2D eigenvalue weighted by Crippen LogP contribution is -2.28. The van der Waals surface area contributed by atoms with Crippen molar-refractivity contribution in [3.05, 3.63) is 77.9 Å². The fraction of sp³-hybridized carbons (Fsp3) is 0.346. The van der Waals surface area contributed by atoms with Crippen LogP contribution in [0.15, 0.2) is 72.4 Å². The standard InChI is InChI=1S/C26H28N4O5/c1-32-23-8-7-21-25(29-23)19(10-14-28-21)9-12-27-13-11-20-15-30(26(31)34-20)24-17-33-16-22(35-24)18-5-3-2-4-6-18/h2-3,5,7-8,10,14,16-17,20,27H,4,6,9,11-13,15H2,1H3/t20-/m1/s1. The Bertz CT molecular complexity index is 1220. The van der Waals surface area contributed by atoms with Crippen molar-refractivity contribution in [2.75, 3.05) is 26.7 Å². The number of hydrogen-bond acceptors (Lipinski definition) is 8. The van der Waals surface area contributed by atoms with Crippen LogP contribution in [0.4, 0.5) is 4.79 Å². The van der Waals surface area contributed by atoms with Gasteiger partial charge >= 0.3 is 6.09 Å². The van der Waals surface area contributed by atoms with Crippen molar-refractivity contribution in [3.63, 3.8) is 0 Å². The van der Waals surface area contributed by atoms with E-state index in [0.29, 0.717) is 37.0 Å². The molecule has 0 radical (unpaired) electrons. The highest BCUT2D eigenvalue weighted by Crippen LogP contribution is 2.29. The van der Waals surface area contributed by atoms with Gasteiger partial charge in [0.05, 0.1) is 24.7 Å². The quantitative estimate of drug-likeness (QED) is 0.544. The van der Waals surface area contributed by atoms with Crippen LogP contribution >= 0.6 is 0 Å². The molecule has 0 spiro atoms. The molecule has 1 aliphatic carbocycles. The van der Waals surface area contributed by atoms with Crippen LogP contribution in [0.25, 0.3) is 11.0 Å². The average molecular weight is 477 g/mol. The van der Waals surface area contributed by atoms with E-state index < -0.39 is 6.09 Å². The number of fused-ring (bicyclic) bond motifs is 1. The summed E-state index contributed by atoms with van der Waals surface area (Å²) < 4.78 is 22.2. The molecule has 5 rings (SSSR count). The first-order valence-corrected chi connectivity index (χ1v) is 11.8. The molecule has 3 aliphatic rings. The number of aromatic nitrogens is 2. The Labute approximate surface area is 203 Å². The largest absolute Gasteiger partial charge is 0.481 e. The third kappa shape index (κ3) is 5.30. The van der Waals surface area contributed by atoms with E-state index in [1.165, 1.54) is 11.2 Å². The number of carbonyl (C=O) groups is 1. The van der Waals surface area contributed by atoms with Crippen LogP contribution in [-0.4, -0.2) is 53.8 Å². The molecule has 9 heteroatoms. The number of carbonyl (C=O) groups excluding carboxylic acids is 1. The van der Waals surface area contributed by atoms with Crippen LogP contribution in [0.5, 0.6) is 5.88 Å². The smallest absolute Gasteiger partial charge is 0.417 e. The summed E-state index contributed by atoms with van der Waals surface area (Å²) in [5.74, 6) is 1.55. The fourth-order valence-electron chi connectivity index (χ4n) is 4.22. The van der Waals surface area contributed by atoms with Crippen LogP contribution in [0.1, 0.15) is 24.8 Å². The minimum atomic E-state index is -0.424. The molecule has 4 heterocycles. The zero-order valence-electron chi connectivity index (χ0n) is 19.6. The molecule has 1 amide bonds. The van der Waals surface area contributed by atoms with Gasteiger partial charge in [0.15, 0.2) is 12.0 Å².